The van der Waals surface area contributed by atoms with Gasteiger partial charge in [-0.2, -0.15) is 0 Å². The Morgan fingerprint density at radius 2 is 0.639 bits per heavy atom. The first kappa shape index (κ1) is 59.7. The standard InChI is InChI=1S/C71H78O11Si/c1-71(2,3)83(59-41-25-11-26-42-59,60-43-27-12-28-44-60)79-52-62-63(74-46-54-31-15-6-16-32-54)65(75-47-55-33-17-7-18-34-55)68(78-50-58-39-23-10-24-40-58)70(81-62)82-64-61(51-73-45-53-29-13-5-14-30-53)80-69(72-4)67(77-49-57-37-21-9-22-38-57)66(64)76-48-56-35-19-8-20-36-56/h5-44,61-70H,45-52H2,1-4H3/t61-,62-,63-,64-,65+,66+,67-,68-,69+,70-/m1/s1. The topological polar surface area (TPSA) is 102 Å². The smallest absolute Gasteiger partial charge is 0.261 e. The molecular weight excluding hydrogens is 1060 g/mol. The molecule has 0 radical (unpaired) electrons. The van der Waals surface area contributed by atoms with Crippen LogP contribution in [-0.2, 0) is 91.4 Å². The number of ether oxygens (including phenoxy) is 10. The summed E-state index contributed by atoms with van der Waals surface area (Å²) in [5.74, 6) is 0. The summed E-state index contributed by atoms with van der Waals surface area (Å²) in [5, 5.41) is 1.92. The van der Waals surface area contributed by atoms with Crippen LogP contribution in [0.5, 0.6) is 0 Å². The lowest BCUT2D eigenvalue weighted by Gasteiger charge is -2.51. The number of hydrogen-bond acceptors (Lipinski definition) is 11. The van der Waals surface area contributed by atoms with E-state index in [0.717, 1.165) is 43.8 Å². The SMILES string of the molecule is CO[C@H]1O[C@H](COCc2ccccc2)[C@@H](O[C@H]2O[C@H](CO[Si](c3ccccc3)(c3ccccc3)C(C)(C)C)[C@@H](OCc3ccccc3)[C@H](OCc3ccccc3)[C@H]2OCc2ccccc2)[C@H](OCc2ccccc2)[C@H]1OCc1ccccc1. The van der Waals surface area contributed by atoms with E-state index in [9.17, 15) is 0 Å². The first-order valence-electron chi connectivity index (χ1n) is 28.9. The van der Waals surface area contributed by atoms with E-state index in [0.29, 0.717) is 6.61 Å². The van der Waals surface area contributed by atoms with Gasteiger partial charge in [0.05, 0.1) is 52.9 Å². The number of hydrogen-bond donors (Lipinski definition) is 0. The highest BCUT2D eigenvalue weighted by Gasteiger charge is 2.56. The van der Waals surface area contributed by atoms with E-state index in [2.05, 4.69) is 106 Å². The van der Waals surface area contributed by atoms with Crippen molar-refractivity contribution in [1.82, 2.24) is 0 Å². The Hall–Kier alpha value is -6.46. The second-order valence-corrected chi connectivity index (χ2v) is 26.5. The van der Waals surface area contributed by atoms with Crippen LogP contribution in [0.4, 0.5) is 0 Å². The van der Waals surface area contributed by atoms with Crippen molar-refractivity contribution in [3.05, 3.63) is 276 Å². The molecule has 0 bridgehead atoms. The molecule has 83 heavy (non-hydrogen) atoms. The summed E-state index contributed by atoms with van der Waals surface area (Å²) < 4.78 is 79.0. The molecule has 0 aromatic heterocycles. The molecule has 0 amide bonds. The van der Waals surface area contributed by atoms with Gasteiger partial charge in [-0.05, 0) is 48.8 Å². The molecular formula is C71H78O11Si. The molecule has 10 rings (SSSR count). The molecule has 0 spiro atoms. The highest BCUT2D eigenvalue weighted by atomic mass is 28.4. The van der Waals surface area contributed by atoms with Crippen LogP contribution in [0.3, 0.4) is 0 Å². The van der Waals surface area contributed by atoms with Crippen LogP contribution in [0, 0.1) is 0 Å². The summed E-state index contributed by atoms with van der Waals surface area (Å²) in [4.78, 5) is 0. The van der Waals surface area contributed by atoms with E-state index in [1.807, 2.05) is 158 Å². The minimum absolute atomic E-state index is 0.107. The van der Waals surface area contributed by atoms with Crippen molar-refractivity contribution in [2.75, 3.05) is 20.3 Å². The largest absolute Gasteiger partial charge is 0.405 e. The first-order chi connectivity index (χ1) is 40.8. The predicted octanol–water partition coefficient (Wildman–Crippen LogP) is 12.2. The van der Waals surface area contributed by atoms with Crippen molar-refractivity contribution in [3.8, 4) is 0 Å². The maximum absolute atomic E-state index is 7.82. The zero-order valence-corrected chi connectivity index (χ0v) is 49.0. The van der Waals surface area contributed by atoms with Crippen LogP contribution in [0.2, 0.25) is 5.04 Å². The fourth-order valence-electron chi connectivity index (χ4n) is 11.2. The van der Waals surface area contributed by atoms with Gasteiger partial charge in [0.25, 0.3) is 8.32 Å². The molecule has 0 saturated carbocycles. The minimum Gasteiger partial charge on any atom is -0.405 e. The van der Waals surface area contributed by atoms with Gasteiger partial charge >= 0.3 is 0 Å². The minimum atomic E-state index is -3.19. The van der Waals surface area contributed by atoms with Gasteiger partial charge in [-0.25, -0.2) is 0 Å². The van der Waals surface area contributed by atoms with E-state index in [-0.39, 0.29) is 51.3 Å². The summed E-state index contributed by atoms with van der Waals surface area (Å²) in [6.45, 7) is 8.57. The van der Waals surface area contributed by atoms with Gasteiger partial charge in [-0.1, -0.05) is 263 Å². The molecule has 2 saturated heterocycles. The molecule has 2 fully saturated rings. The predicted molar refractivity (Wildman–Crippen MR) is 324 cm³/mol. The van der Waals surface area contributed by atoms with Crippen LogP contribution >= 0.6 is 0 Å². The third kappa shape index (κ3) is 15.7. The van der Waals surface area contributed by atoms with Crippen LogP contribution in [0.15, 0.2) is 243 Å². The Morgan fingerprint density at radius 1 is 0.337 bits per heavy atom. The van der Waals surface area contributed by atoms with Gasteiger partial charge in [-0.15, -0.1) is 0 Å². The summed E-state index contributed by atoms with van der Waals surface area (Å²) in [6, 6.07) is 81.9. The summed E-state index contributed by atoms with van der Waals surface area (Å²) in [6.07, 6.45) is -8.59. The van der Waals surface area contributed by atoms with E-state index in [1.165, 1.54) is 0 Å². The molecule has 12 heteroatoms. The van der Waals surface area contributed by atoms with Gasteiger partial charge in [-0.3, -0.25) is 0 Å². The second kappa shape index (κ2) is 29.9. The number of benzene rings is 8. The van der Waals surface area contributed by atoms with Crippen molar-refractivity contribution < 1.29 is 51.8 Å². The second-order valence-electron chi connectivity index (χ2n) is 22.2. The first-order valence-corrected chi connectivity index (χ1v) is 30.8. The fourth-order valence-corrected chi connectivity index (χ4v) is 15.8. The van der Waals surface area contributed by atoms with E-state index < -0.39 is 69.7 Å². The van der Waals surface area contributed by atoms with Crippen LogP contribution in [-0.4, -0.2) is 90.1 Å². The zero-order valence-electron chi connectivity index (χ0n) is 48.0. The third-order valence-corrected chi connectivity index (χ3v) is 20.4. The average molecular weight is 1140 g/mol. The molecule has 0 unspecified atom stereocenters. The Kier molecular flexibility index (Phi) is 21.5. The number of methoxy groups -OCH3 is 1. The molecule has 432 valence electrons. The maximum Gasteiger partial charge on any atom is 0.261 e. The van der Waals surface area contributed by atoms with Crippen LogP contribution in [0.1, 0.15) is 54.2 Å². The van der Waals surface area contributed by atoms with Gasteiger partial charge in [0, 0.05) is 7.11 Å². The van der Waals surface area contributed by atoms with E-state index >= 15 is 0 Å². The molecule has 2 aliphatic rings. The lowest BCUT2D eigenvalue weighted by atomic mass is 9.95. The quantitative estimate of drug-likeness (QED) is 0.0460. The van der Waals surface area contributed by atoms with Crippen LogP contribution in [0.25, 0.3) is 0 Å². The third-order valence-electron chi connectivity index (χ3n) is 15.4. The molecule has 10 atom stereocenters. The Balaban J connectivity index is 1.10. The van der Waals surface area contributed by atoms with E-state index in [4.69, 9.17) is 51.8 Å². The highest BCUT2D eigenvalue weighted by Crippen LogP contribution is 2.40. The fraction of sp³-hybridized carbons (Fsp3) is 0.324. The van der Waals surface area contributed by atoms with Crippen molar-refractivity contribution in [1.29, 1.82) is 0 Å². The summed E-state index contributed by atoms with van der Waals surface area (Å²) in [7, 11) is -1.56. The lowest BCUT2D eigenvalue weighted by molar-refractivity contribution is -0.375. The maximum atomic E-state index is 7.82. The Labute approximate surface area is 491 Å². The molecule has 8 aromatic rings. The Morgan fingerprint density at radius 3 is 1.01 bits per heavy atom. The van der Waals surface area contributed by atoms with Gasteiger partial charge < -0.3 is 51.8 Å². The number of rotatable bonds is 27. The van der Waals surface area contributed by atoms with Crippen molar-refractivity contribution in [3.63, 3.8) is 0 Å². The van der Waals surface area contributed by atoms with Crippen LogP contribution < -0.4 is 10.4 Å². The molecule has 11 nitrogen and oxygen atoms in total. The van der Waals surface area contributed by atoms with E-state index in [1.54, 1.807) is 7.11 Å². The highest BCUT2D eigenvalue weighted by molar-refractivity contribution is 6.99. The van der Waals surface area contributed by atoms with Gasteiger partial charge in [0.15, 0.2) is 12.6 Å². The van der Waals surface area contributed by atoms with Crippen molar-refractivity contribution >= 4 is 18.7 Å². The van der Waals surface area contributed by atoms with Crippen molar-refractivity contribution in [2.45, 2.75) is 127 Å². The summed E-state index contributed by atoms with van der Waals surface area (Å²) in [5.41, 5.74) is 5.89. The van der Waals surface area contributed by atoms with Gasteiger partial charge in [0.1, 0.15) is 48.8 Å². The van der Waals surface area contributed by atoms with Crippen molar-refractivity contribution in [2.24, 2.45) is 0 Å². The monoisotopic (exact) mass is 1130 g/mol. The normalized spacial score (nSPS) is 22.9. The zero-order chi connectivity index (χ0) is 57.1. The molecule has 0 aliphatic carbocycles. The summed E-state index contributed by atoms with van der Waals surface area (Å²) >= 11 is 0. The molecule has 2 aliphatic heterocycles. The Bertz CT molecular complexity index is 3030. The van der Waals surface area contributed by atoms with Gasteiger partial charge in [0.2, 0.25) is 0 Å². The molecule has 8 aromatic carbocycles. The molecule has 2 heterocycles. The average Bonchev–Trinajstić information content (AvgIpc) is 2.75. The lowest BCUT2D eigenvalue weighted by Crippen LogP contribution is -2.69. The molecule has 0 N–H and O–H groups in total.